The summed E-state index contributed by atoms with van der Waals surface area (Å²) in [5, 5.41) is 0. The predicted octanol–water partition coefficient (Wildman–Crippen LogP) is 6.20. The lowest BCUT2D eigenvalue weighted by molar-refractivity contribution is 0.139. The third-order valence-electron chi connectivity index (χ3n) is 5.55. The molecule has 1 rings (SSSR count). The third kappa shape index (κ3) is 4.30. The Bertz CT molecular complexity index is 182. The summed E-state index contributed by atoms with van der Waals surface area (Å²) in [4.78, 5) is 0. The zero-order valence-electron chi connectivity index (χ0n) is 12.7. The minimum Gasteiger partial charge on any atom is -0.0654 e. The van der Waals surface area contributed by atoms with E-state index >= 15 is 0 Å². The summed E-state index contributed by atoms with van der Waals surface area (Å²) in [5.74, 6) is 2.10. The standard InChI is InChI=1S/C17H34/c1-5-13-17(7-3,8-4)14-16-11-9-15(6-2)10-12-16/h15-16H,5-14H2,1-4H3. The molecular weight excluding hydrogens is 204 g/mol. The van der Waals surface area contributed by atoms with Gasteiger partial charge in [0.05, 0.1) is 0 Å². The van der Waals surface area contributed by atoms with Gasteiger partial charge in [-0.2, -0.15) is 0 Å². The average molecular weight is 238 g/mol. The zero-order chi connectivity index (χ0) is 12.7. The molecule has 0 atom stereocenters. The molecule has 0 bridgehead atoms. The van der Waals surface area contributed by atoms with Crippen LogP contribution in [0.15, 0.2) is 0 Å². The van der Waals surface area contributed by atoms with Gasteiger partial charge in [0.1, 0.15) is 0 Å². The zero-order valence-corrected chi connectivity index (χ0v) is 12.7. The molecule has 1 saturated carbocycles. The van der Waals surface area contributed by atoms with Gasteiger partial charge in [-0.05, 0) is 30.1 Å². The first-order valence-electron chi connectivity index (χ1n) is 8.19. The molecule has 0 heteroatoms. The van der Waals surface area contributed by atoms with Gasteiger partial charge in [-0.25, -0.2) is 0 Å². The highest BCUT2D eigenvalue weighted by atomic mass is 14.4. The van der Waals surface area contributed by atoms with Gasteiger partial charge < -0.3 is 0 Å². The lowest BCUT2D eigenvalue weighted by atomic mass is 9.68. The van der Waals surface area contributed by atoms with Crippen LogP contribution in [0.4, 0.5) is 0 Å². The normalized spacial score (nSPS) is 26.1. The fourth-order valence-electron chi connectivity index (χ4n) is 3.98. The van der Waals surface area contributed by atoms with E-state index in [1.54, 1.807) is 0 Å². The van der Waals surface area contributed by atoms with Gasteiger partial charge in [0, 0.05) is 0 Å². The summed E-state index contributed by atoms with van der Waals surface area (Å²) >= 11 is 0. The minimum atomic E-state index is 0.679. The molecule has 0 N–H and O–H groups in total. The molecular formula is C17H34. The van der Waals surface area contributed by atoms with Gasteiger partial charge in [0.2, 0.25) is 0 Å². The van der Waals surface area contributed by atoms with Crippen molar-refractivity contribution in [2.24, 2.45) is 17.3 Å². The molecule has 1 aliphatic rings. The molecule has 0 aromatic carbocycles. The molecule has 0 radical (unpaired) electrons. The van der Waals surface area contributed by atoms with Crippen LogP contribution >= 0.6 is 0 Å². The van der Waals surface area contributed by atoms with E-state index in [-0.39, 0.29) is 0 Å². The van der Waals surface area contributed by atoms with Crippen LogP contribution < -0.4 is 0 Å². The fraction of sp³-hybridized carbons (Fsp3) is 1.00. The van der Waals surface area contributed by atoms with Crippen LogP contribution in [-0.4, -0.2) is 0 Å². The summed E-state index contributed by atoms with van der Waals surface area (Å²) in [6.07, 6.45) is 14.6. The monoisotopic (exact) mass is 238 g/mol. The fourth-order valence-corrected chi connectivity index (χ4v) is 3.98. The number of rotatable bonds is 7. The van der Waals surface area contributed by atoms with E-state index in [4.69, 9.17) is 0 Å². The summed E-state index contributed by atoms with van der Waals surface area (Å²) in [6, 6.07) is 0. The molecule has 102 valence electrons. The first kappa shape index (κ1) is 15.1. The molecule has 1 fully saturated rings. The molecule has 0 heterocycles. The maximum absolute atomic E-state index is 2.41. The second kappa shape index (κ2) is 7.44. The maximum Gasteiger partial charge on any atom is -0.0300 e. The Kier molecular flexibility index (Phi) is 6.59. The third-order valence-corrected chi connectivity index (χ3v) is 5.55. The molecule has 17 heavy (non-hydrogen) atoms. The first-order chi connectivity index (χ1) is 8.19. The Morgan fingerprint density at radius 3 is 1.76 bits per heavy atom. The van der Waals surface area contributed by atoms with Crippen LogP contribution in [0.2, 0.25) is 0 Å². The molecule has 0 spiro atoms. The second-order valence-corrected chi connectivity index (χ2v) is 6.46. The van der Waals surface area contributed by atoms with E-state index in [0.29, 0.717) is 5.41 Å². The highest BCUT2D eigenvalue weighted by Gasteiger charge is 2.30. The summed E-state index contributed by atoms with van der Waals surface area (Å²) in [6.45, 7) is 9.55. The van der Waals surface area contributed by atoms with Crippen molar-refractivity contribution < 1.29 is 0 Å². The van der Waals surface area contributed by atoms with Crippen LogP contribution in [0.25, 0.3) is 0 Å². The Morgan fingerprint density at radius 1 is 0.824 bits per heavy atom. The van der Waals surface area contributed by atoms with Crippen molar-refractivity contribution in [2.45, 2.75) is 91.9 Å². The molecule has 0 aromatic rings. The van der Waals surface area contributed by atoms with Crippen LogP contribution in [0.1, 0.15) is 91.9 Å². The molecule has 1 aliphatic carbocycles. The molecule has 0 amide bonds. The van der Waals surface area contributed by atoms with E-state index in [2.05, 4.69) is 27.7 Å². The van der Waals surface area contributed by atoms with E-state index in [1.165, 1.54) is 64.2 Å². The predicted molar refractivity (Wildman–Crippen MR) is 78.3 cm³/mol. The van der Waals surface area contributed by atoms with Gasteiger partial charge >= 0.3 is 0 Å². The van der Waals surface area contributed by atoms with Crippen LogP contribution in [0.5, 0.6) is 0 Å². The van der Waals surface area contributed by atoms with Crippen LogP contribution in [0, 0.1) is 17.3 Å². The van der Waals surface area contributed by atoms with Crippen molar-refractivity contribution in [3.63, 3.8) is 0 Å². The van der Waals surface area contributed by atoms with Crippen molar-refractivity contribution in [1.82, 2.24) is 0 Å². The Balaban J connectivity index is 2.45. The minimum absolute atomic E-state index is 0.679. The Morgan fingerprint density at radius 2 is 1.35 bits per heavy atom. The van der Waals surface area contributed by atoms with E-state index in [0.717, 1.165) is 11.8 Å². The van der Waals surface area contributed by atoms with E-state index < -0.39 is 0 Å². The largest absolute Gasteiger partial charge is 0.0654 e. The van der Waals surface area contributed by atoms with Gasteiger partial charge in [-0.3, -0.25) is 0 Å². The van der Waals surface area contributed by atoms with Crippen LogP contribution in [0.3, 0.4) is 0 Å². The Labute approximate surface area is 110 Å². The second-order valence-electron chi connectivity index (χ2n) is 6.46. The van der Waals surface area contributed by atoms with Gasteiger partial charge in [-0.1, -0.05) is 79.1 Å². The van der Waals surface area contributed by atoms with Gasteiger partial charge in [0.15, 0.2) is 0 Å². The highest BCUT2D eigenvalue weighted by Crippen LogP contribution is 2.43. The van der Waals surface area contributed by atoms with Gasteiger partial charge in [0.25, 0.3) is 0 Å². The summed E-state index contributed by atoms with van der Waals surface area (Å²) in [5.41, 5.74) is 0.679. The van der Waals surface area contributed by atoms with E-state index in [1.807, 2.05) is 0 Å². The molecule has 0 nitrogen and oxygen atoms in total. The highest BCUT2D eigenvalue weighted by molar-refractivity contribution is 4.82. The molecule has 0 unspecified atom stereocenters. The molecule has 0 saturated heterocycles. The quantitative estimate of drug-likeness (QED) is 0.495. The molecule has 0 aromatic heterocycles. The Hall–Kier alpha value is 0. The average Bonchev–Trinajstić information content (AvgIpc) is 2.39. The first-order valence-corrected chi connectivity index (χ1v) is 8.19. The summed E-state index contributed by atoms with van der Waals surface area (Å²) < 4.78 is 0. The smallest absolute Gasteiger partial charge is 0.0300 e. The lowest BCUT2D eigenvalue weighted by Gasteiger charge is -2.38. The SMILES string of the molecule is CCCC(CC)(CC)CC1CCC(CC)CC1. The summed E-state index contributed by atoms with van der Waals surface area (Å²) in [7, 11) is 0. The number of hydrogen-bond acceptors (Lipinski definition) is 0. The van der Waals surface area contributed by atoms with Gasteiger partial charge in [-0.15, -0.1) is 0 Å². The topological polar surface area (TPSA) is 0 Å². The number of hydrogen-bond donors (Lipinski definition) is 0. The van der Waals surface area contributed by atoms with Crippen LogP contribution in [-0.2, 0) is 0 Å². The lowest BCUT2D eigenvalue weighted by Crippen LogP contribution is -2.25. The maximum atomic E-state index is 2.41. The van der Waals surface area contributed by atoms with Crippen molar-refractivity contribution in [1.29, 1.82) is 0 Å². The van der Waals surface area contributed by atoms with Crippen molar-refractivity contribution >= 4 is 0 Å². The molecule has 0 aliphatic heterocycles. The van der Waals surface area contributed by atoms with Crippen molar-refractivity contribution in [3.8, 4) is 0 Å². The van der Waals surface area contributed by atoms with E-state index in [9.17, 15) is 0 Å². The van der Waals surface area contributed by atoms with Crippen molar-refractivity contribution in [2.75, 3.05) is 0 Å². The van der Waals surface area contributed by atoms with Crippen molar-refractivity contribution in [3.05, 3.63) is 0 Å².